The van der Waals surface area contributed by atoms with E-state index in [-0.39, 0.29) is 0 Å². The Hall–Kier alpha value is -1.77. The topological polar surface area (TPSA) is 29.9 Å². The molecule has 2 heterocycles. The first-order valence-electron chi connectivity index (χ1n) is 8.23. The SMILES string of the molecule is Cc1nn2c(c1-c1ccccc1)NCCC2C1CCCC1. The maximum atomic E-state index is 4.91. The van der Waals surface area contributed by atoms with Crippen molar-refractivity contribution in [3.8, 4) is 11.1 Å². The first-order valence-corrected chi connectivity index (χ1v) is 8.23. The Morgan fingerprint density at radius 3 is 2.62 bits per heavy atom. The number of aromatic nitrogens is 2. The van der Waals surface area contributed by atoms with Crippen LogP contribution >= 0.6 is 0 Å². The van der Waals surface area contributed by atoms with Gasteiger partial charge < -0.3 is 5.32 Å². The van der Waals surface area contributed by atoms with Crippen molar-refractivity contribution in [3.63, 3.8) is 0 Å². The lowest BCUT2D eigenvalue weighted by molar-refractivity contribution is 0.289. The summed E-state index contributed by atoms with van der Waals surface area (Å²) in [4.78, 5) is 0. The zero-order valence-corrected chi connectivity index (χ0v) is 12.7. The molecule has 2 aliphatic rings. The van der Waals surface area contributed by atoms with E-state index in [4.69, 9.17) is 5.10 Å². The van der Waals surface area contributed by atoms with E-state index in [1.807, 2.05) is 0 Å². The third-order valence-corrected chi connectivity index (χ3v) is 5.14. The number of aryl methyl sites for hydroxylation is 1. The Morgan fingerprint density at radius 1 is 1.10 bits per heavy atom. The summed E-state index contributed by atoms with van der Waals surface area (Å²) in [6, 6.07) is 11.3. The van der Waals surface area contributed by atoms with Crippen molar-refractivity contribution >= 4 is 5.82 Å². The fourth-order valence-corrected chi connectivity index (χ4v) is 4.15. The lowest BCUT2D eigenvalue weighted by atomic mass is 9.94. The lowest BCUT2D eigenvalue weighted by Crippen LogP contribution is -2.28. The van der Waals surface area contributed by atoms with Crippen LogP contribution in [0.15, 0.2) is 30.3 Å². The van der Waals surface area contributed by atoms with Crippen molar-refractivity contribution in [2.24, 2.45) is 5.92 Å². The monoisotopic (exact) mass is 281 g/mol. The molecule has 1 N–H and O–H groups in total. The molecule has 1 aliphatic carbocycles. The van der Waals surface area contributed by atoms with Gasteiger partial charge in [0, 0.05) is 12.1 Å². The maximum absolute atomic E-state index is 4.91. The van der Waals surface area contributed by atoms with Gasteiger partial charge in [0.25, 0.3) is 0 Å². The molecule has 1 aromatic heterocycles. The smallest absolute Gasteiger partial charge is 0.132 e. The van der Waals surface area contributed by atoms with E-state index in [0.717, 1.165) is 18.2 Å². The normalized spacial score (nSPS) is 22.0. The van der Waals surface area contributed by atoms with Crippen LogP contribution in [-0.4, -0.2) is 16.3 Å². The van der Waals surface area contributed by atoms with Crippen molar-refractivity contribution in [2.75, 3.05) is 11.9 Å². The van der Waals surface area contributed by atoms with Crippen LogP contribution in [0.2, 0.25) is 0 Å². The van der Waals surface area contributed by atoms with Crippen LogP contribution in [-0.2, 0) is 0 Å². The van der Waals surface area contributed by atoms with Crippen molar-refractivity contribution in [1.82, 2.24) is 9.78 Å². The van der Waals surface area contributed by atoms with Gasteiger partial charge in [-0.05, 0) is 37.7 Å². The van der Waals surface area contributed by atoms with E-state index in [1.165, 1.54) is 49.0 Å². The molecule has 1 saturated carbocycles. The number of anilines is 1. The Labute approximate surface area is 126 Å². The fraction of sp³-hybridized carbons (Fsp3) is 0.500. The summed E-state index contributed by atoms with van der Waals surface area (Å²) in [5.41, 5.74) is 3.71. The molecule has 1 unspecified atom stereocenters. The van der Waals surface area contributed by atoms with E-state index < -0.39 is 0 Å². The van der Waals surface area contributed by atoms with Crippen LogP contribution in [0.4, 0.5) is 5.82 Å². The molecule has 4 rings (SSSR count). The summed E-state index contributed by atoms with van der Waals surface area (Å²) < 4.78 is 2.30. The van der Waals surface area contributed by atoms with E-state index in [0.29, 0.717) is 6.04 Å². The Kier molecular flexibility index (Phi) is 3.21. The van der Waals surface area contributed by atoms with Gasteiger partial charge in [-0.3, -0.25) is 0 Å². The van der Waals surface area contributed by atoms with Crippen LogP contribution in [0.5, 0.6) is 0 Å². The van der Waals surface area contributed by atoms with Gasteiger partial charge in [0.05, 0.1) is 11.7 Å². The standard InChI is InChI=1S/C18H23N3/c1-13-17(15-9-3-2-4-10-15)18-19-12-11-16(21(18)20-13)14-7-5-6-8-14/h2-4,9-10,14,16,19H,5-8,11-12H2,1H3. The quantitative estimate of drug-likeness (QED) is 0.884. The van der Waals surface area contributed by atoms with E-state index in [9.17, 15) is 0 Å². The number of nitrogens with zero attached hydrogens (tertiary/aromatic N) is 2. The van der Waals surface area contributed by atoms with Gasteiger partial charge in [-0.2, -0.15) is 5.10 Å². The highest BCUT2D eigenvalue weighted by molar-refractivity contribution is 5.78. The molecule has 1 fully saturated rings. The molecule has 0 spiro atoms. The van der Waals surface area contributed by atoms with Crippen LogP contribution in [0.3, 0.4) is 0 Å². The highest BCUT2D eigenvalue weighted by atomic mass is 15.4. The third-order valence-electron chi connectivity index (χ3n) is 5.14. The molecule has 110 valence electrons. The summed E-state index contributed by atoms with van der Waals surface area (Å²) in [6.07, 6.45) is 6.77. The number of hydrogen-bond donors (Lipinski definition) is 1. The Morgan fingerprint density at radius 2 is 1.86 bits per heavy atom. The van der Waals surface area contributed by atoms with Gasteiger partial charge in [-0.15, -0.1) is 0 Å². The predicted octanol–water partition coefficient (Wildman–Crippen LogP) is 4.41. The Bertz CT molecular complexity index is 623. The second-order valence-corrected chi connectivity index (χ2v) is 6.45. The van der Waals surface area contributed by atoms with Crippen LogP contribution in [0.1, 0.15) is 43.8 Å². The molecule has 0 radical (unpaired) electrons. The van der Waals surface area contributed by atoms with Crippen molar-refractivity contribution in [3.05, 3.63) is 36.0 Å². The van der Waals surface area contributed by atoms with Crippen LogP contribution < -0.4 is 5.32 Å². The second kappa shape index (κ2) is 5.21. The molecule has 21 heavy (non-hydrogen) atoms. The van der Waals surface area contributed by atoms with Crippen molar-refractivity contribution < 1.29 is 0 Å². The predicted molar refractivity (Wildman–Crippen MR) is 86.5 cm³/mol. The molecule has 2 aromatic rings. The first kappa shape index (κ1) is 12.9. The van der Waals surface area contributed by atoms with Gasteiger partial charge in [0.1, 0.15) is 5.82 Å². The average molecular weight is 281 g/mol. The average Bonchev–Trinajstić information content (AvgIpc) is 3.14. The van der Waals surface area contributed by atoms with E-state index in [1.54, 1.807) is 0 Å². The van der Waals surface area contributed by atoms with Gasteiger partial charge in [0.2, 0.25) is 0 Å². The molecular weight excluding hydrogens is 258 g/mol. The number of hydrogen-bond acceptors (Lipinski definition) is 2. The lowest BCUT2D eigenvalue weighted by Gasteiger charge is -2.30. The Balaban J connectivity index is 1.78. The van der Waals surface area contributed by atoms with Gasteiger partial charge >= 0.3 is 0 Å². The molecule has 1 aliphatic heterocycles. The summed E-state index contributed by atoms with van der Waals surface area (Å²) in [5, 5.41) is 8.51. The fourth-order valence-electron chi connectivity index (χ4n) is 4.15. The minimum atomic E-state index is 0.597. The summed E-state index contributed by atoms with van der Waals surface area (Å²) in [6.45, 7) is 3.22. The molecule has 1 atom stereocenters. The largest absolute Gasteiger partial charge is 0.370 e. The van der Waals surface area contributed by atoms with Crippen molar-refractivity contribution in [2.45, 2.75) is 45.1 Å². The van der Waals surface area contributed by atoms with E-state index >= 15 is 0 Å². The molecule has 1 aromatic carbocycles. The number of fused-ring (bicyclic) bond motifs is 1. The van der Waals surface area contributed by atoms with Gasteiger partial charge in [-0.25, -0.2) is 4.68 Å². The molecule has 0 bridgehead atoms. The molecule has 3 heteroatoms. The zero-order chi connectivity index (χ0) is 14.2. The number of nitrogens with one attached hydrogen (secondary N) is 1. The zero-order valence-electron chi connectivity index (χ0n) is 12.7. The molecule has 3 nitrogen and oxygen atoms in total. The van der Waals surface area contributed by atoms with E-state index in [2.05, 4.69) is 47.3 Å². The highest BCUT2D eigenvalue weighted by Gasteiger charge is 2.32. The third kappa shape index (κ3) is 2.15. The summed E-state index contributed by atoms with van der Waals surface area (Å²) >= 11 is 0. The van der Waals surface area contributed by atoms with Gasteiger partial charge in [-0.1, -0.05) is 43.2 Å². The number of rotatable bonds is 2. The van der Waals surface area contributed by atoms with Crippen LogP contribution in [0, 0.1) is 12.8 Å². The minimum Gasteiger partial charge on any atom is -0.370 e. The molecule has 0 saturated heterocycles. The molecular formula is C18H23N3. The first-order chi connectivity index (χ1) is 10.3. The minimum absolute atomic E-state index is 0.597. The van der Waals surface area contributed by atoms with Crippen LogP contribution in [0.25, 0.3) is 11.1 Å². The summed E-state index contributed by atoms with van der Waals surface area (Å²) in [7, 11) is 0. The maximum Gasteiger partial charge on any atom is 0.132 e. The second-order valence-electron chi connectivity index (χ2n) is 6.45. The highest BCUT2D eigenvalue weighted by Crippen LogP contribution is 2.42. The van der Waals surface area contributed by atoms with Gasteiger partial charge in [0.15, 0.2) is 0 Å². The number of benzene rings is 1. The molecule has 0 amide bonds. The van der Waals surface area contributed by atoms with Crippen molar-refractivity contribution in [1.29, 1.82) is 0 Å². The summed E-state index contributed by atoms with van der Waals surface area (Å²) in [5.74, 6) is 2.07.